The predicted molar refractivity (Wildman–Crippen MR) is 83.5 cm³/mol. The molecule has 1 aliphatic rings. The Morgan fingerprint density at radius 2 is 1.95 bits per heavy atom. The van der Waals surface area contributed by atoms with Gasteiger partial charge in [-0.2, -0.15) is 0 Å². The van der Waals surface area contributed by atoms with Gasteiger partial charge in [0.1, 0.15) is 5.75 Å². The van der Waals surface area contributed by atoms with Crippen molar-refractivity contribution >= 4 is 0 Å². The minimum absolute atomic E-state index is 0.109. The van der Waals surface area contributed by atoms with E-state index in [0.29, 0.717) is 6.04 Å². The molecule has 1 fully saturated rings. The zero-order valence-corrected chi connectivity index (χ0v) is 13.1. The molecule has 1 aromatic rings. The Morgan fingerprint density at radius 3 is 2.62 bits per heavy atom. The van der Waals surface area contributed by atoms with Crippen molar-refractivity contribution in [1.29, 1.82) is 0 Å². The number of methoxy groups -OCH3 is 2. The molecule has 0 unspecified atom stereocenters. The fourth-order valence-corrected chi connectivity index (χ4v) is 3.03. The molecule has 1 aromatic carbocycles. The lowest BCUT2D eigenvalue weighted by molar-refractivity contribution is 0.0547. The third-order valence-electron chi connectivity index (χ3n) is 4.29. The lowest BCUT2D eigenvalue weighted by Crippen LogP contribution is -2.40. The topological polar surface area (TPSA) is 41.9 Å². The van der Waals surface area contributed by atoms with Gasteiger partial charge in [-0.1, -0.05) is 12.1 Å². The van der Waals surface area contributed by atoms with Gasteiger partial charge in [0.25, 0.3) is 0 Å². The van der Waals surface area contributed by atoms with Crippen molar-refractivity contribution in [2.45, 2.75) is 44.4 Å². The first-order valence-corrected chi connectivity index (χ1v) is 7.77. The zero-order chi connectivity index (χ0) is 15.1. The quantitative estimate of drug-likeness (QED) is 0.838. The van der Waals surface area contributed by atoms with Crippen LogP contribution in [0.4, 0.5) is 0 Å². The molecule has 2 rings (SSSR count). The van der Waals surface area contributed by atoms with Gasteiger partial charge in [0.05, 0.1) is 19.8 Å². The van der Waals surface area contributed by atoms with E-state index < -0.39 is 0 Å². The van der Waals surface area contributed by atoms with E-state index in [1.165, 1.54) is 5.56 Å². The molecule has 0 radical (unpaired) electrons. The van der Waals surface area contributed by atoms with Crippen LogP contribution in [0.5, 0.6) is 5.75 Å². The molecular weight excluding hydrogens is 266 g/mol. The van der Waals surface area contributed by atoms with E-state index in [1.54, 1.807) is 14.2 Å². The number of rotatable bonds is 7. The Bertz CT molecular complexity index is 416. The van der Waals surface area contributed by atoms with Crippen LogP contribution in [0.2, 0.25) is 0 Å². The van der Waals surface area contributed by atoms with Gasteiger partial charge in [0, 0.05) is 26.2 Å². The third kappa shape index (κ3) is 4.99. The number of hydrogen-bond acceptors (Lipinski definition) is 4. The number of benzene rings is 1. The number of hydrogen-bond donors (Lipinski definition) is 1. The van der Waals surface area contributed by atoms with E-state index in [4.69, 9.17) is 9.47 Å². The Labute approximate surface area is 127 Å². The largest absolute Gasteiger partial charge is 0.497 e. The molecule has 4 nitrogen and oxygen atoms in total. The van der Waals surface area contributed by atoms with Crippen LogP contribution in [0, 0.1) is 0 Å². The maximum Gasteiger partial charge on any atom is 0.119 e. The Morgan fingerprint density at radius 1 is 1.19 bits per heavy atom. The summed E-state index contributed by atoms with van der Waals surface area (Å²) in [5.74, 6) is 0.901. The zero-order valence-electron chi connectivity index (χ0n) is 13.1. The Hall–Kier alpha value is -1.10. The first-order valence-electron chi connectivity index (χ1n) is 7.77. The molecule has 0 atom stereocenters. The summed E-state index contributed by atoms with van der Waals surface area (Å²) in [5.41, 5.74) is 1.26. The maximum atomic E-state index is 9.68. The first kappa shape index (κ1) is 16.3. The number of nitrogens with zero attached hydrogens (tertiary/aromatic N) is 1. The van der Waals surface area contributed by atoms with Crippen LogP contribution in [0.25, 0.3) is 0 Å². The molecule has 118 valence electrons. The number of aliphatic hydroxyl groups excluding tert-OH is 1. The van der Waals surface area contributed by atoms with E-state index in [9.17, 15) is 5.11 Å². The molecule has 0 bridgehead atoms. The standard InChI is InChI=1S/C17H27NO3/c1-20-11-10-18(15-6-8-16(19)9-7-15)13-14-4-3-5-17(12-14)21-2/h3-5,12,15-16,19H,6-11,13H2,1-2H3. The van der Waals surface area contributed by atoms with Gasteiger partial charge < -0.3 is 14.6 Å². The van der Waals surface area contributed by atoms with Gasteiger partial charge in [-0.15, -0.1) is 0 Å². The monoisotopic (exact) mass is 293 g/mol. The highest BCUT2D eigenvalue weighted by molar-refractivity contribution is 5.28. The van der Waals surface area contributed by atoms with Crippen molar-refractivity contribution in [3.8, 4) is 5.75 Å². The molecular formula is C17H27NO3. The van der Waals surface area contributed by atoms with Gasteiger partial charge in [-0.05, 0) is 43.4 Å². The van der Waals surface area contributed by atoms with Crippen LogP contribution in [0.3, 0.4) is 0 Å². The summed E-state index contributed by atoms with van der Waals surface area (Å²) >= 11 is 0. The van der Waals surface area contributed by atoms with Crippen molar-refractivity contribution < 1.29 is 14.6 Å². The van der Waals surface area contributed by atoms with Crippen LogP contribution in [-0.2, 0) is 11.3 Å². The Kier molecular flexibility index (Phi) is 6.49. The molecule has 0 spiro atoms. The van der Waals surface area contributed by atoms with Crippen molar-refractivity contribution in [2.75, 3.05) is 27.4 Å². The van der Waals surface area contributed by atoms with Crippen molar-refractivity contribution in [2.24, 2.45) is 0 Å². The molecule has 4 heteroatoms. The smallest absolute Gasteiger partial charge is 0.119 e. The Balaban J connectivity index is 2.01. The molecule has 0 amide bonds. The van der Waals surface area contributed by atoms with Crippen LogP contribution in [-0.4, -0.2) is 49.5 Å². The first-order chi connectivity index (χ1) is 10.2. The summed E-state index contributed by atoms with van der Waals surface area (Å²) in [5, 5.41) is 9.68. The fourth-order valence-electron chi connectivity index (χ4n) is 3.03. The average Bonchev–Trinajstić information content (AvgIpc) is 2.52. The van der Waals surface area contributed by atoms with E-state index >= 15 is 0 Å². The lowest BCUT2D eigenvalue weighted by atomic mass is 9.91. The minimum atomic E-state index is -0.109. The van der Waals surface area contributed by atoms with Gasteiger partial charge >= 0.3 is 0 Å². The van der Waals surface area contributed by atoms with Crippen LogP contribution in [0.1, 0.15) is 31.2 Å². The highest BCUT2D eigenvalue weighted by Gasteiger charge is 2.24. The second-order valence-electron chi connectivity index (χ2n) is 5.78. The maximum absolute atomic E-state index is 9.68. The summed E-state index contributed by atoms with van der Waals surface area (Å²) in [7, 11) is 3.44. The molecule has 1 aliphatic carbocycles. The van der Waals surface area contributed by atoms with E-state index in [1.807, 2.05) is 12.1 Å². The third-order valence-corrected chi connectivity index (χ3v) is 4.29. The van der Waals surface area contributed by atoms with Gasteiger partial charge in [0.15, 0.2) is 0 Å². The summed E-state index contributed by atoms with van der Waals surface area (Å²) in [6.07, 6.45) is 3.84. The summed E-state index contributed by atoms with van der Waals surface area (Å²) in [6, 6.07) is 8.78. The van der Waals surface area contributed by atoms with Gasteiger partial charge in [-0.25, -0.2) is 0 Å². The molecule has 0 saturated heterocycles. The summed E-state index contributed by atoms with van der Waals surface area (Å²) in [6.45, 7) is 2.57. The average molecular weight is 293 g/mol. The molecule has 0 aliphatic heterocycles. The van der Waals surface area contributed by atoms with Crippen LogP contribution >= 0.6 is 0 Å². The second kappa shape index (κ2) is 8.37. The predicted octanol–water partition coefficient (Wildman–Crippen LogP) is 2.45. The molecule has 1 N–H and O–H groups in total. The van der Waals surface area contributed by atoms with E-state index in [0.717, 1.165) is 51.1 Å². The normalized spacial score (nSPS) is 22.5. The van der Waals surface area contributed by atoms with Crippen LogP contribution in [0.15, 0.2) is 24.3 Å². The SMILES string of the molecule is COCCN(Cc1cccc(OC)c1)C1CCC(O)CC1. The molecule has 1 saturated carbocycles. The molecule has 0 heterocycles. The van der Waals surface area contributed by atoms with Crippen LogP contribution < -0.4 is 4.74 Å². The number of aliphatic hydroxyl groups is 1. The highest BCUT2D eigenvalue weighted by Crippen LogP contribution is 2.25. The van der Waals surface area contributed by atoms with Gasteiger partial charge in [-0.3, -0.25) is 4.90 Å². The summed E-state index contributed by atoms with van der Waals surface area (Å²) < 4.78 is 10.6. The van der Waals surface area contributed by atoms with Crippen molar-refractivity contribution in [3.63, 3.8) is 0 Å². The number of ether oxygens (including phenoxy) is 2. The fraction of sp³-hybridized carbons (Fsp3) is 0.647. The van der Waals surface area contributed by atoms with E-state index in [-0.39, 0.29) is 6.10 Å². The van der Waals surface area contributed by atoms with Crippen molar-refractivity contribution in [1.82, 2.24) is 4.90 Å². The van der Waals surface area contributed by atoms with Crippen molar-refractivity contribution in [3.05, 3.63) is 29.8 Å². The summed E-state index contributed by atoms with van der Waals surface area (Å²) in [4.78, 5) is 2.48. The van der Waals surface area contributed by atoms with E-state index in [2.05, 4.69) is 17.0 Å². The minimum Gasteiger partial charge on any atom is -0.497 e. The second-order valence-corrected chi connectivity index (χ2v) is 5.78. The molecule has 0 aromatic heterocycles. The van der Waals surface area contributed by atoms with Gasteiger partial charge in [0.2, 0.25) is 0 Å². The lowest BCUT2D eigenvalue weighted by Gasteiger charge is -2.35. The molecule has 21 heavy (non-hydrogen) atoms. The highest BCUT2D eigenvalue weighted by atomic mass is 16.5.